The molecule has 0 aromatic heterocycles. The molecule has 2 saturated heterocycles. The van der Waals surface area contributed by atoms with Gasteiger partial charge in [-0.3, -0.25) is 4.90 Å². The summed E-state index contributed by atoms with van der Waals surface area (Å²) in [6.07, 6.45) is 11.2. The number of hydrogen-bond donors (Lipinski definition) is 1. The fourth-order valence-electron chi connectivity index (χ4n) is 3.82. The van der Waals surface area contributed by atoms with Gasteiger partial charge >= 0.3 is 0 Å². The van der Waals surface area contributed by atoms with E-state index in [-0.39, 0.29) is 0 Å². The van der Waals surface area contributed by atoms with Crippen molar-refractivity contribution in [2.45, 2.75) is 77.3 Å². The molecule has 0 radical (unpaired) electrons. The molecule has 2 aliphatic heterocycles. The molecule has 106 valence electrons. The SMILES string of the molecule is CCCCC(CC)CN1CCCC1C1CCCN1. The van der Waals surface area contributed by atoms with Crippen LogP contribution in [0.2, 0.25) is 0 Å². The van der Waals surface area contributed by atoms with E-state index in [2.05, 4.69) is 24.1 Å². The van der Waals surface area contributed by atoms with Crippen LogP contribution in [0.15, 0.2) is 0 Å². The maximum absolute atomic E-state index is 3.72. The Balaban J connectivity index is 1.82. The fraction of sp³-hybridized carbons (Fsp3) is 1.00. The van der Waals surface area contributed by atoms with Crippen LogP contribution in [0.4, 0.5) is 0 Å². The number of rotatable bonds is 7. The monoisotopic (exact) mass is 252 g/mol. The molecule has 3 atom stereocenters. The predicted molar refractivity (Wildman–Crippen MR) is 78.9 cm³/mol. The van der Waals surface area contributed by atoms with Crippen molar-refractivity contribution < 1.29 is 0 Å². The molecule has 0 aromatic carbocycles. The lowest BCUT2D eigenvalue weighted by molar-refractivity contribution is 0.176. The van der Waals surface area contributed by atoms with Crippen molar-refractivity contribution in [1.29, 1.82) is 0 Å². The standard InChI is InChI=1S/C16H32N2/c1-3-5-8-14(4-2)13-18-12-7-10-16(18)15-9-6-11-17-15/h14-17H,3-13H2,1-2H3. The molecule has 2 heterocycles. The first-order valence-electron chi connectivity index (χ1n) is 8.32. The quantitative estimate of drug-likeness (QED) is 0.747. The van der Waals surface area contributed by atoms with E-state index in [0.717, 1.165) is 18.0 Å². The van der Waals surface area contributed by atoms with Gasteiger partial charge < -0.3 is 5.32 Å². The summed E-state index contributed by atoms with van der Waals surface area (Å²) < 4.78 is 0. The number of hydrogen-bond acceptors (Lipinski definition) is 2. The molecule has 0 aliphatic carbocycles. The van der Waals surface area contributed by atoms with Crippen LogP contribution in [-0.4, -0.2) is 36.6 Å². The summed E-state index contributed by atoms with van der Waals surface area (Å²) in [5, 5.41) is 3.72. The van der Waals surface area contributed by atoms with E-state index in [1.165, 1.54) is 71.0 Å². The first-order valence-corrected chi connectivity index (χ1v) is 8.32. The van der Waals surface area contributed by atoms with Crippen molar-refractivity contribution in [1.82, 2.24) is 10.2 Å². The summed E-state index contributed by atoms with van der Waals surface area (Å²) in [5.74, 6) is 0.937. The van der Waals surface area contributed by atoms with Gasteiger partial charge in [0.25, 0.3) is 0 Å². The van der Waals surface area contributed by atoms with Crippen molar-refractivity contribution in [3.05, 3.63) is 0 Å². The largest absolute Gasteiger partial charge is 0.312 e. The Morgan fingerprint density at radius 1 is 1.22 bits per heavy atom. The fourth-order valence-corrected chi connectivity index (χ4v) is 3.82. The van der Waals surface area contributed by atoms with Crippen LogP contribution < -0.4 is 5.32 Å². The van der Waals surface area contributed by atoms with Gasteiger partial charge in [-0.15, -0.1) is 0 Å². The van der Waals surface area contributed by atoms with Crippen molar-refractivity contribution in [3.63, 3.8) is 0 Å². The molecule has 2 fully saturated rings. The molecule has 18 heavy (non-hydrogen) atoms. The van der Waals surface area contributed by atoms with Crippen LogP contribution in [0.5, 0.6) is 0 Å². The van der Waals surface area contributed by atoms with E-state index in [0.29, 0.717) is 0 Å². The van der Waals surface area contributed by atoms with Crippen molar-refractivity contribution in [2.24, 2.45) is 5.92 Å². The van der Waals surface area contributed by atoms with E-state index in [1.807, 2.05) is 0 Å². The first-order chi connectivity index (χ1) is 8.85. The summed E-state index contributed by atoms with van der Waals surface area (Å²) in [6, 6.07) is 1.65. The third-order valence-electron chi connectivity index (χ3n) is 5.01. The molecule has 0 spiro atoms. The highest BCUT2D eigenvalue weighted by Crippen LogP contribution is 2.27. The second kappa shape index (κ2) is 7.49. The molecule has 2 aliphatic rings. The Morgan fingerprint density at radius 2 is 2.11 bits per heavy atom. The maximum Gasteiger partial charge on any atom is 0.0249 e. The lowest BCUT2D eigenvalue weighted by atomic mass is 9.97. The van der Waals surface area contributed by atoms with Gasteiger partial charge in [-0.05, 0) is 51.1 Å². The highest BCUT2D eigenvalue weighted by molar-refractivity contribution is 4.92. The van der Waals surface area contributed by atoms with Gasteiger partial charge in [-0.1, -0.05) is 33.1 Å². The number of unbranched alkanes of at least 4 members (excludes halogenated alkanes) is 1. The molecule has 0 saturated carbocycles. The Kier molecular flexibility index (Phi) is 5.97. The smallest absolute Gasteiger partial charge is 0.0249 e. The first kappa shape index (κ1) is 14.3. The molecule has 2 nitrogen and oxygen atoms in total. The van der Waals surface area contributed by atoms with Gasteiger partial charge in [-0.25, -0.2) is 0 Å². The van der Waals surface area contributed by atoms with Gasteiger partial charge in [0.2, 0.25) is 0 Å². The minimum Gasteiger partial charge on any atom is -0.312 e. The average molecular weight is 252 g/mol. The average Bonchev–Trinajstić information content (AvgIpc) is 3.04. The predicted octanol–water partition coefficient (Wildman–Crippen LogP) is 3.42. The zero-order valence-electron chi connectivity index (χ0n) is 12.5. The zero-order chi connectivity index (χ0) is 12.8. The number of nitrogens with zero attached hydrogens (tertiary/aromatic N) is 1. The minimum absolute atomic E-state index is 0.802. The maximum atomic E-state index is 3.72. The molecular formula is C16H32N2. The van der Waals surface area contributed by atoms with Gasteiger partial charge in [0.15, 0.2) is 0 Å². The van der Waals surface area contributed by atoms with E-state index in [1.54, 1.807) is 0 Å². The van der Waals surface area contributed by atoms with Crippen LogP contribution in [-0.2, 0) is 0 Å². The van der Waals surface area contributed by atoms with Gasteiger partial charge in [-0.2, -0.15) is 0 Å². The van der Waals surface area contributed by atoms with Crippen molar-refractivity contribution in [3.8, 4) is 0 Å². The Hall–Kier alpha value is -0.0800. The summed E-state index contributed by atoms with van der Waals surface area (Å²) >= 11 is 0. The Labute approximate surface area is 114 Å². The molecule has 0 bridgehead atoms. The topological polar surface area (TPSA) is 15.3 Å². The van der Waals surface area contributed by atoms with Crippen LogP contribution >= 0.6 is 0 Å². The molecule has 0 aromatic rings. The van der Waals surface area contributed by atoms with Crippen LogP contribution in [0.25, 0.3) is 0 Å². The molecule has 1 N–H and O–H groups in total. The molecule has 0 amide bonds. The summed E-state index contributed by atoms with van der Waals surface area (Å²) in [7, 11) is 0. The Bertz CT molecular complexity index is 223. The van der Waals surface area contributed by atoms with Crippen molar-refractivity contribution >= 4 is 0 Å². The normalized spacial score (nSPS) is 31.0. The second-order valence-corrected chi connectivity index (χ2v) is 6.32. The second-order valence-electron chi connectivity index (χ2n) is 6.32. The third kappa shape index (κ3) is 3.71. The highest BCUT2D eigenvalue weighted by atomic mass is 15.2. The molecule has 3 unspecified atom stereocenters. The number of likely N-dealkylation sites (tertiary alicyclic amines) is 1. The summed E-state index contributed by atoms with van der Waals surface area (Å²) in [4.78, 5) is 2.81. The lowest BCUT2D eigenvalue weighted by Crippen LogP contribution is -2.45. The molecular weight excluding hydrogens is 220 g/mol. The van der Waals surface area contributed by atoms with Gasteiger partial charge in [0, 0.05) is 18.6 Å². The lowest BCUT2D eigenvalue weighted by Gasteiger charge is -2.32. The third-order valence-corrected chi connectivity index (χ3v) is 5.01. The van der Waals surface area contributed by atoms with Gasteiger partial charge in [0.05, 0.1) is 0 Å². The van der Waals surface area contributed by atoms with Crippen LogP contribution in [0, 0.1) is 5.92 Å². The molecule has 2 rings (SSSR count). The van der Waals surface area contributed by atoms with Crippen LogP contribution in [0.3, 0.4) is 0 Å². The van der Waals surface area contributed by atoms with E-state index >= 15 is 0 Å². The van der Waals surface area contributed by atoms with Gasteiger partial charge in [0.1, 0.15) is 0 Å². The number of nitrogens with one attached hydrogen (secondary N) is 1. The van der Waals surface area contributed by atoms with Crippen molar-refractivity contribution in [2.75, 3.05) is 19.6 Å². The zero-order valence-corrected chi connectivity index (χ0v) is 12.5. The van der Waals surface area contributed by atoms with E-state index in [4.69, 9.17) is 0 Å². The highest BCUT2D eigenvalue weighted by Gasteiger charge is 2.33. The van der Waals surface area contributed by atoms with E-state index < -0.39 is 0 Å². The Morgan fingerprint density at radius 3 is 2.78 bits per heavy atom. The minimum atomic E-state index is 0.802. The van der Waals surface area contributed by atoms with Crippen LogP contribution in [0.1, 0.15) is 65.2 Å². The molecule has 2 heteroatoms. The summed E-state index contributed by atoms with van der Waals surface area (Å²) in [5.41, 5.74) is 0. The van der Waals surface area contributed by atoms with E-state index in [9.17, 15) is 0 Å². The summed E-state index contributed by atoms with van der Waals surface area (Å²) in [6.45, 7) is 8.65.